The number of hydrogen-bond acceptors (Lipinski definition) is 6. The predicted octanol–water partition coefficient (Wildman–Crippen LogP) is 3.24. The molecule has 0 amide bonds. The topological polar surface area (TPSA) is 80.3 Å². The number of nitrogens with one attached hydrogen (secondary N) is 1. The quantitative estimate of drug-likeness (QED) is 0.564. The molecule has 1 aliphatic rings. The van der Waals surface area contributed by atoms with Gasteiger partial charge in [-0.15, -0.1) is 0 Å². The van der Waals surface area contributed by atoms with Gasteiger partial charge in [-0.1, -0.05) is 12.1 Å². The maximum absolute atomic E-state index is 12.3. The molecule has 0 aliphatic carbocycles. The zero-order chi connectivity index (χ0) is 21.5. The van der Waals surface area contributed by atoms with Crippen LogP contribution in [-0.2, 0) is 11.3 Å². The van der Waals surface area contributed by atoms with Crippen LogP contribution in [0.5, 0.6) is 5.75 Å². The minimum atomic E-state index is -0.116. The number of rotatable bonds is 8. The summed E-state index contributed by atoms with van der Waals surface area (Å²) in [4.78, 5) is 26.5. The Morgan fingerprint density at radius 2 is 2.03 bits per heavy atom. The molecule has 1 aromatic carbocycles. The van der Waals surface area contributed by atoms with Gasteiger partial charge in [0.05, 0.1) is 12.3 Å². The molecule has 3 aromatic rings. The molecule has 7 heteroatoms. The van der Waals surface area contributed by atoms with Crippen LogP contribution in [0.3, 0.4) is 0 Å². The van der Waals surface area contributed by atoms with Gasteiger partial charge in [-0.3, -0.25) is 14.7 Å². The summed E-state index contributed by atoms with van der Waals surface area (Å²) in [7, 11) is 1.67. The van der Waals surface area contributed by atoms with Gasteiger partial charge in [-0.25, -0.2) is 4.98 Å². The van der Waals surface area contributed by atoms with Crippen molar-refractivity contribution in [3.63, 3.8) is 0 Å². The van der Waals surface area contributed by atoms with E-state index in [0.717, 1.165) is 49.6 Å². The maximum Gasteiger partial charge on any atom is 0.251 e. The molecule has 31 heavy (non-hydrogen) atoms. The fraction of sp³-hybridized carbons (Fsp3) is 0.375. The summed E-state index contributed by atoms with van der Waals surface area (Å²) in [5.41, 5.74) is 2.69. The van der Waals surface area contributed by atoms with E-state index in [4.69, 9.17) is 14.5 Å². The molecule has 0 bridgehead atoms. The number of aromatic nitrogens is 3. The van der Waals surface area contributed by atoms with Crippen LogP contribution in [0.1, 0.15) is 30.1 Å². The summed E-state index contributed by atoms with van der Waals surface area (Å²) in [6.07, 6.45) is 5.51. The van der Waals surface area contributed by atoms with E-state index in [0.29, 0.717) is 18.9 Å². The Hall–Kier alpha value is -3.03. The van der Waals surface area contributed by atoms with Gasteiger partial charge in [-0.05, 0) is 49.2 Å². The van der Waals surface area contributed by atoms with Crippen LogP contribution in [0.25, 0.3) is 11.3 Å². The summed E-state index contributed by atoms with van der Waals surface area (Å²) in [5, 5.41) is 0. The van der Waals surface area contributed by atoms with Crippen LogP contribution in [-0.4, -0.2) is 53.3 Å². The van der Waals surface area contributed by atoms with Crippen LogP contribution in [0.4, 0.5) is 0 Å². The zero-order valence-corrected chi connectivity index (χ0v) is 17.8. The van der Waals surface area contributed by atoms with E-state index in [-0.39, 0.29) is 11.5 Å². The Morgan fingerprint density at radius 1 is 1.16 bits per heavy atom. The number of aromatic amines is 1. The summed E-state index contributed by atoms with van der Waals surface area (Å²) < 4.78 is 10.8. The van der Waals surface area contributed by atoms with E-state index < -0.39 is 0 Å². The molecule has 3 heterocycles. The third kappa shape index (κ3) is 5.77. The van der Waals surface area contributed by atoms with Gasteiger partial charge in [0.25, 0.3) is 5.56 Å². The number of piperidine rings is 1. The Kier molecular flexibility index (Phi) is 7.07. The van der Waals surface area contributed by atoms with Crippen LogP contribution in [0.2, 0.25) is 0 Å². The van der Waals surface area contributed by atoms with Crippen molar-refractivity contribution >= 4 is 0 Å². The van der Waals surface area contributed by atoms with E-state index in [9.17, 15) is 4.79 Å². The average molecular weight is 421 g/mol. The largest absolute Gasteiger partial charge is 0.491 e. The standard InChI is InChI=1S/C24H28N4O3/c1-30-12-13-31-21-6-2-4-18(14-21)16-28-11-3-5-20(17-28)24-26-22(15-23(29)27-24)19-7-9-25-10-8-19/h2,4,6-10,14-15,20H,3,5,11-13,16-17H2,1H3,(H,26,27,29). The van der Waals surface area contributed by atoms with Gasteiger partial charge in [0.2, 0.25) is 0 Å². The van der Waals surface area contributed by atoms with Crippen molar-refractivity contribution in [2.75, 3.05) is 33.4 Å². The van der Waals surface area contributed by atoms with Crippen LogP contribution < -0.4 is 10.3 Å². The van der Waals surface area contributed by atoms with Gasteiger partial charge in [-0.2, -0.15) is 0 Å². The first-order chi connectivity index (χ1) is 15.2. The first kappa shape index (κ1) is 21.2. The normalized spacial score (nSPS) is 16.9. The van der Waals surface area contributed by atoms with Crippen molar-refractivity contribution in [1.29, 1.82) is 0 Å². The molecule has 1 saturated heterocycles. The monoisotopic (exact) mass is 420 g/mol. The molecule has 2 aromatic heterocycles. The van der Waals surface area contributed by atoms with E-state index in [1.165, 1.54) is 5.56 Å². The predicted molar refractivity (Wildman–Crippen MR) is 119 cm³/mol. The third-order valence-corrected chi connectivity index (χ3v) is 5.49. The molecule has 1 unspecified atom stereocenters. The highest BCUT2D eigenvalue weighted by Gasteiger charge is 2.24. The number of hydrogen-bond donors (Lipinski definition) is 1. The van der Waals surface area contributed by atoms with Crippen molar-refractivity contribution in [3.05, 3.63) is 76.6 Å². The second kappa shape index (κ2) is 10.3. The van der Waals surface area contributed by atoms with E-state index in [1.54, 1.807) is 25.6 Å². The Bertz CT molecular complexity index is 1040. The third-order valence-electron chi connectivity index (χ3n) is 5.49. The Labute approximate surface area is 182 Å². The highest BCUT2D eigenvalue weighted by atomic mass is 16.5. The van der Waals surface area contributed by atoms with Crippen LogP contribution in [0.15, 0.2) is 59.7 Å². The van der Waals surface area contributed by atoms with Gasteiger partial charge in [0, 0.05) is 50.1 Å². The molecule has 1 atom stereocenters. The molecule has 0 saturated carbocycles. The van der Waals surface area contributed by atoms with E-state index >= 15 is 0 Å². The first-order valence-electron chi connectivity index (χ1n) is 10.7. The highest BCUT2D eigenvalue weighted by Crippen LogP contribution is 2.27. The molecule has 162 valence electrons. The van der Waals surface area contributed by atoms with Gasteiger partial charge in [0.1, 0.15) is 18.2 Å². The minimum Gasteiger partial charge on any atom is -0.491 e. The van der Waals surface area contributed by atoms with Crippen molar-refractivity contribution in [2.45, 2.75) is 25.3 Å². The number of likely N-dealkylation sites (tertiary alicyclic amines) is 1. The number of pyridine rings is 1. The van der Waals surface area contributed by atoms with Crippen LogP contribution >= 0.6 is 0 Å². The van der Waals surface area contributed by atoms with Crippen LogP contribution in [0, 0.1) is 0 Å². The minimum absolute atomic E-state index is 0.116. The molecule has 1 fully saturated rings. The van der Waals surface area contributed by atoms with E-state index in [1.807, 2.05) is 24.3 Å². The summed E-state index contributed by atoms with van der Waals surface area (Å²) in [6, 6.07) is 13.5. The molecule has 7 nitrogen and oxygen atoms in total. The first-order valence-corrected chi connectivity index (χ1v) is 10.7. The number of nitrogens with zero attached hydrogens (tertiary/aromatic N) is 3. The average Bonchev–Trinajstić information content (AvgIpc) is 2.80. The summed E-state index contributed by atoms with van der Waals surface area (Å²) >= 11 is 0. The molecular weight excluding hydrogens is 392 g/mol. The molecule has 0 radical (unpaired) electrons. The zero-order valence-electron chi connectivity index (χ0n) is 17.8. The van der Waals surface area contributed by atoms with Crippen molar-refractivity contribution < 1.29 is 9.47 Å². The Morgan fingerprint density at radius 3 is 2.87 bits per heavy atom. The lowest BCUT2D eigenvalue weighted by atomic mass is 9.96. The highest BCUT2D eigenvalue weighted by molar-refractivity contribution is 5.57. The van der Waals surface area contributed by atoms with Crippen molar-refractivity contribution in [1.82, 2.24) is 19.9 Å². The number of benzene rings is 1. The molecule has 0 spiro atoms. The lowest BCUT2D eigenvalue weighted by molar-refractivity contribution is 0.146. The van der Waals surface area contributed by atoms with Crippen molar-refractivity contribution in [2.24, 2.45) is 0 Å². The Balaban J connectivity index is 1.45. The number of ether oxygens (including phenoxy) is 2. The smallest absolute Gasteiger partial charge is 0.251 e. The number of H-pyrrole nitrogens is 1. The van der Waals surface area contributed by atoms with Gasteiger partial charge < -0.3 is 14.5 Å². The lowest BCUT2D eigenvalue weighted by Gasteiger charge is -2.32. The molecule has 4 rings (SSSR count). The molecule has 1 N–H and O–H groups in total. The fourth-order valence-corrected chi connectivity index (χ4v) is 4.00. The maximum atomic E-state index is 12.3. The summed E-state index contributed by atoms with van der Waals surface area (Å²) in [5.74, 6) is 1.82. The molecule has 1 aliphatic heterocycles. The SMILES string of the molecule is COCCOc1cccc(CN2CCCC(c3nc(-c4ccncc4)cc(=O)[nH]3)C2)c1. The van der Waals surface area contributed by atoms with Gasteiger partial charge >= 0.3 is 0 Å². The fourth-order valence-electron chi connectivity index (χ4n) is 4.00. The van der Waals surface area contributed by atoms with Gasteiger partial charge in [0.15, 0.2) is 0 Å². The lowest BCUT2D eigenvalue weighted by Crippen LogP contribution is -2.35. The summed E-state index contributed by atoms with van der Waals surface area (Å²) in [6.45, 7) is 3.84. The second-order valence-electron chi connectivity index (χ2n) is 7.81. The second-order valence-corrected chi connectivity index (χ2v) is 7.81. The molecular formula is C24H28N4O3. The van der Waals surface area contributed by atoms with Crippen molar-refractivity contribution in [3.8, 4) is 17.0 Å². The number of methoxy groups -OCH3 is 1. The van der Waals surface area contributed by atoms with E-state index in [2.05, 4.69) is 27.0 Å².